The minimum Gasteiger partial charge on any atom is -0.481 e. The van der Waals surface area contributed by atoms with Crippen molar-refractivity contribution in [3.63, 3.8) is 0 Å². The lowest BCUT2D eigenvalue weighted by molar-refractivity contribution is -0.145. The topological polar surface area (TPSA) is 66.8 Å². The molecule has 5 nitrogen and oxygen atoms in total. The van der Waals surface area contributed by atoms with Crippen LogP contribution in [0.5, 0.6) is 5.75 Å². The summed E-state index contributed by atoms with van der Waals surface area (Å²) in [6.45, 7) is 1.74. The Morgan fingerprint density at radius 1 is 1.45 bits per heavy atom. The van der Waals surface area contributed by atoms with Crippen molar-refractivity contribution < 1.29 is 23.8 Å². The molecule has 1 saturated carbocycles. The first-order valence-electron chi connectivity index (χ1n) is 7.44. The molecule has 6 heteroatoms. The Labute approximate surface area is 127 Å². The van der Waals surface area contributed by atoms with Crippen LogP contribution in [0, 0.1) is 11.7 Å². The van der Waals surface area contributed by atoms with Gasteiger partial charge < -0.3 is 14.7 Å². The fourth-order valence-electron chi connectivity index (χ4n) is 2.73. The second-order valence-electron chi connectivity index (χ2n) is 6.00. The molecule has 1 fully saturated rings. The number of carboxylic acid groups (broad SMARTS) is 1. The van der Waals surface area contributed by atoms with Crippen molar-refractivity contribution in [3.8, 4) is 5.75 Å². The highest BCUT2D eigenvalue weighted by Gasteiger charge is 2.40. The van der Waals surface area contributed by atoms with E-state index in [-0.39, 0.29) is 24.2 Å². The molecule has 1 amide bonds. The van der Waals surface area contributed by atoms with Gasteiger partial charge in [0.1, 0.15) is 0 Å². The molecule has 1 heterocycles. The number of hydrogen-bond acceptors (Lipinski definition) is 3. The minimum absolute atomic E-state index is 0.0893. The zero-order chi connectivity index (χ0) is 15.9. The van der Waals surface area contributed by atoms with E-state index < -0.39 is 23.8 Å². The molecule has 0 saturated heterocycles. The van der Waals surface area contributed by atoms with Gasteiger partial charge in [-0.25, -0.2) is 4.39 Å². The molecular formula is C16H18FNO4. The molecule has 1 aromatic carbocycles. The molecule has 1 aromatic rings. The summed E-state index contributed by atoms with van der Waals surface area (Å²) in [4.78, 5) is 25.3. The van der Waals surface area contributed by atoms with Crippen LogP contribution in [0.3, 0.4) is 0 Å². The molecule has 3 rings (SSSR count). The van der Waals surface area contributed by atoms with Gasteiger partial charge in [-0.1, -0.05) is 19.1 Å². The highest BCUT2D eigenvalue weighted by molar-refractivity contribution is 5.84. The largest absolute Gasteiger partial charge is 0.481 e. The van der Waals surface area contributed by atoms with Gasteiger partial charge in [-0.05, 0) is 18.9 Å². The van der Waals surface area contributed by atoms with E-state index in [1.807, 2.05) is 0 Å². The normalized spacial score (nSPS) is 20.9. The first kappa shape index (κ1) is 14.8. The quantitative estimate of drug-likeness (QED) is 0.901. The monoisotopic (exact) mass is 307 g/mol. The van der Waals surface area contributed by atoms with Crippen LogP contribution >= 0.6 is 0 Å². The summed E-state index contributed by atoms with van der Waals surface area (Å²) >= 11 is 0. The molecule has 1 N–H and O–H groups in total. The van der Waals surface area contributed by atoms with Gasteiger partial charge >= 0.3 is 5.97 Å². The van der Waals surface area contributed by atoms with Crippen LogP contribution in [0.25, 0.3) is 0 Å². The third kappa shape index (κ3) is 2.77. The zero-order valence-electron chi connectivity index (χ0n) is 12.3. The predicted octanol–water partition coefficient (Wildman–Crippen LogP) is 1.84. The second kappa shape index (κ2) is 5.59. The van der Waals surface area contributed by atoms with E-state index in [2.05, 4.69) is 0 Å². The fourth-order valence-corrected chi connectivity index (χ4v) is 2.73. The molecule has 1 aliphatic carbocycles. The smallest absolute Gasteiger partial charge is 0.308 e. The van der Waals surface area contributed by atoms with E-state index >= 15 is 0 Å². The van der Waals surface area contributed by atoms with E-state index in [1.165, 1.54) is 6.07 Å². The molecular weight excluding hydrogens is 289 g/mol. The van der Waals surface area contributed by atoms with Gasteiger partial charge in [-0.3, -0.25) is 9.59 Å². The molecule has 0 unspecified atom stereocenters. The lowest BCUT2D eigenvalue weighted by atomic mass is 10.1. The number of fused-ring (bicyclic) bond motifs is 1. The minimum atomic E-state index is -0.930. The number of hydrogen-bond donors (Lipinski definition) is 1. The second-order valence-corrected chi connectivity index (χ2v) is 6.00. The van der Waals surface area contributed by atoms with Crippen molar-refractivity contribution in [3.05, 3.63) is 29.6 Å². The molecule has 2 aliphatic rings. The Morgan fingerprint density at radius 2 is 2.18 bits per heavy atom. The van der Waals surface area contributed by atoms with Crippen LogP contribution < -0.4 is 4.74 Å². The van der Waals surface area contributed by atoms with Gasteiger partial charge in [0.15, 0.2) is 17.7 Å². The SMILES string of the molecule is C[C@@H](CN(C(=O)[C@@H]1Cc2cccc(F)c2O1)C1CC1)C(=O)O. The number of carbonyl (C=O) groups excluding carboxylic acids is 1. The van der Waals surface area contributed by atoms with Crippen molar-refractivity contribution in [1.29, 1.82) is 0 Å². The highest BCUT2D eigenvalue weighted by Crippen LogP contribution is 2.34. The number of rotatable bonds is 5. The van der Waals surface area contributed by atoms with Crippen LogP contribution in [-0.4, -0.2) is 40.6 Å². The molecule has 2 atom stereocenters. The summed E-state index contributed by atoms with van der Waals surface area (Å²) < 4.78 is 19.2. The average Bonchev–Trinajstić information content (AvgIpc) is 3.22. The number of carboxylic acids is 1. The first-order valence-corrected chi connectivity index (χ1v) is 7.44. The van der Waals surface area contributed by atoms with Crippen molar-refractivity contribution in [2.75, 3.05) is 6.54 Å². The van der Waals surface area contributed by atoms with Crippen LogP contribution in [0.1, 0.15) is 25.3 Å². The van der Waals surface area contributed by atoms with Crippen LogP contribution in [0.4, 0.5) is 4.39 Å². The van der Waals surface area contributed by atoms with E-state index in [0.717, 1.165) is 12.8 Å². The number of halogens is 1. The summed E-state index contributed by atoms with van der Waals surface area (Å²) in [5, 5.41) is 9.04. The Morgan fingerprint density at radius 3 is 2.77 bits per heavy atom. The molecule has 1 aliphatic heterocycles. The maximum atomic E-state index is 13.7. The van der Waals surface area contributed by atoms with E-state index in [0.29, 0.717) is 12.0 Å². The van der Waals surface area contributed by atoms with Crippen LogP contribution in [0.2, 0.25) is 0 Å². The van der Waals surface area contributed by atoms with Gasteiger partial charge in [0, 0.05) is 24.6 Å². The van der Waals surface area contributed by atoms with Gasteiger partial charge in [-0.15, -0.1) is 0 Å². The number of ether oxygens (including phenoxy) is 1. The molecule has 0 aromatic heterocycles. The van der Waals surface area contributed by atoms with Crippen LogP contribution in [-0.2, 0) is 16.0 Å². The predicted molar refractivity (Wildman–Crippen MR) is 76.1 cm³/mol. The van der Waals surface area contributed by atoms with Crippen molar-refractivity contribution in [2.24, 2.45) is 5.92 Å². The average molecular weight is 307 g/mol. The molecule has 22 heavy (non-hydrogen) atoms. The number of benzene rings is 1. The van der Waals surface area contributed by atoms with Gasteiger partial charge in [-0.2, -0.15) is 0 Å². The summed E-state index contributed by atoms with van der Waals surface area (Å²) in [5.74, 6) is -2.14. The standard InChI is InChI=1S/C16H18FNO4/c1-9(16(20)21)8-18(11-5-6-11)15(19)13-7-10-3-2-4-12(17)14(10)22-13/h2-4,9,11,13H,5-8H2,1H3,(H,20,21)/t9-,13-/m0/s1. The molecule has 0 spiro atoms. The fraction of sp³-hybridized carbons (Fsp3) is 0.500. The van der Waals surface area contributed by atoms with E-state index in [1.54, 1.807) is 24.0 Å². The van der Waals surface area contributed by atoms with Crippen LogP contribution in [0.15, 0.2) is 18.2 Å². The van der Waals surface area contributed by atoms with Gasteiger partial charge in [0.05, 0.1) is 5.92 Å². The highest BCUT2D eigenvalue weighted by atomic mass is 19.1. The van der Waals surface area contributed by atoms with Gasteiger partial charge in [0.2, 0.25) is 0 Å². The van der Waals surface area contributed by atoms with Crippen molar-refractivity contribution in [2.45, 2.75) is 38.3 Å². The Kier molecular flexibility index (Phi) is 3.76. The lowest BCUT2D eigenvalue weighted by Crippen LogP contribution is -2.45. The number of aliphatic carboxylic acids is 1. The maximum absolute atomic E-state index is 13.7. The first-order chi connectivity index (χ1) is 10.5. The zero-order valence-corrected chi connectivity index (χ0v) is 12.3. The van der Waals surface area contributed by atoms with E-state index in [4.69, 9.17) is 9.84 Å². The van der Waals surface area contributed by atoms with Crippen molar-refractivity contribution in [1.82, 2.24) is 4.90 Å². The third-order valence-corrected chi connectivity index (χ3v) is 4.15. The molecule has 0 bridgehead atoms. The Balaban J connectivity index is 1.73. The Hall–Kier alpha value is -2.11. The maximum Gasteiger partial charge on any atom is 0.308 e. The number of amides is 1. The summed E-state index contributed by atoms with van der Waals surface area (Å²) in [5.41, 5.74) is 0.681. The summed E-state index contributed by atoms with van der Waals surface area (Å²) in [6.07, 6.45) is 1.34. The van der Waals surface area contributed by atoms with Gasteiger partial charge in [0.25, 0.3) is 5.91 Å². The molecule has 0 radical (unpaired) electrons. The molecule has 118 valence electrons. The number of carbonyl (C=O) groups is 2. The van der Waals surface area contributed by atoms with Crippen molar-refractivity contribution >= 4 is 11.9 Å². The summed E-state index contributed by atoms with van der Waals surface area (Å²) in [6, 6.07) is 4.73. The lowest BCUT2D eigenvalue weighted by Gasteiger charge is -2.26. The Bertz CT molecular complexity index is 614. The summed E-state index contributed by atoms with van der Waals surface area (Å²) in [7, 11) is 0. The van der Waals surface area contributed by atoms with E-state index in [9.17, 15) is 14.0 Å². The third-order valence-electron chi connectivity index (χ3n) is 4.15. The number of para-hydroxylation sites is 1. The number of nitrogens with zero attached hydrogens (tertiary/aromatic N) is 1.